The Hall–Kier alpha value is -0.580. The highest BCUT2D eigenvalue weighted by Crippen LogP contribution is 2.23. The third kappa shape index (κ3) is 3.20. The predicted molar refractivity (Wildman–Crippen MR) is 66.8 cm³/mol. The van der Waals surface area contributed by atoms with E-state index in [0.717, 1.165) is 18.5 Å². The molecule has 0 fully saturated rings. The molecule has 0 aliphatic heterocycles. The first-order chi connectivity index (χ1) is 7.51. The molecule has 0 radical (unpaired) electrons. The summed E-state index contributed by atoms with van der Waals surface area (Å²) >= 11 is 5.97. The van der Waals surface area contributed by atoms with Gasteiger partial charge in [-0.1, -0.05) is 24.6 Å². The van der Waals surface area contributed by atoms with Crippen LogP contribution in [0.2, 0.25) is 5.02 Å². The van der Waals surface area contributed by atoms with E-state index in [1.165, 1.54) is 0 Å². The zero-order valence-electron chi connectivity index (χ0n) is 9.46. The summed E-state index contributed by atoms with van der Waals surface area (Å²) in [6.07, 6.45) is 0.836. The Balaban J connectivity index is 3.01. The molecular formula is C11H16ClNO2S. The van der Waals surface area contributed by atoms with E-state index in [0.29, 0.717) is 5.02 Å². The monoisotopic (exact) mass is 261 g/mol. The van der Waals surface area contributed by atoms with Crippen molar-refractivity contribution in [2.75, 3.05) is 19.3 Å². The Labute approximate surface area is 102 Å². The summed E-state index contributed by atoms with van der Waals surface area (Å²) in [7, 11) is -1.34. The first-order valence-electron chi connectivity index (χ1n) is 5.17. The van der Waals surface area contributed by atoms with Crippen LogP contribution in [0.3, 0.4) is 0 Å². The highest BCUT2D eigenvalue weighted by Gasteiger charge is 2.15. The molecule has 1 aromatic rings. The molecule has 0 aromatic heterocycles. The molecule has 0 bridgehead atoms. The summed E-state index contributed by atoms with van der Waals surface area (Å²) in [4.78, 5) is 0.227. The zero-order valence-corrected chi connectivity index (χ0v) is 11.0. The second kappa shape index (κ2) is 5.66. The minimum absolute atomic E-state index is 0.0720. The number of rotatable bonds is 5. The van der Waals surface area contributed by atoms with Crippen molar-refractivity contribution in [2.45, 2.75) is 18.2 Å². The van der Waals surface area contributed by atoms with Gasteiger partial charge >= 0.3 is 0 Å². The molecule has 0 aliphatic rings. The van der Waals surface area contributed by atoms with Gasteiger partial charge in [-0.25, -0.2) is 8.42 Å². The lowest BCUT2D eigenvalue weighted by atomic mass is 10.1. The van der Waals surface area contributed by atoms with Gasteiger partial charge in [-0.3, -0.25) is 0 Å². The fourth-order valence-corrected chi connectivity index (χ4v) is 2.88. The Kier molecular flexibility index (Phi) is 4.77. The van der Waals surface area contributed by atoms with Crippen LogP contribution in [0.1, 0.15) is 12.5 Å². The van der Waals surface area contributed by atoms with Gasteiger partial charge in [-0.2, -0.15) is 0 Å². The van der Waals surface area contributed by atoms with Gasteiger partial charge in [0.2, 0.25) is 0 Å². The summed E-state index contributed by atoms with van der Waals surface area (Å²) in [5.41, 5.74) is 1.04. The number of sulfone groups is 1. The molecule has 0 spiro atoms. The van der Waals surface area contributed by atoms with E-state index in [1.54, 1.807) is 19.1 Å². The number of hydrogen-bond donors (Lipinski definition) is 1. The molecule has 0 amide bonds. The lowest BCUT2D eigenvalue weighted by Crippen LogP contribution is -2.10. The molecule has 0 unspecified atom stereocenters. The van der Waals surface area contributed by atoms with Crippen LogP contribution in [0.4, 0.5) is 0 Å². The van der Waals surface area contributed by atoms with E-state index in [1.807, 2.05) is 13.1 Å². The molecule has 1 aromatic carbocycles. The van der Waals surface area contributed by atoms with Gasteiger partial charge in [-0.15, -0.1) is 0 Å². The van der Waals surface area contributed by atoms with Gasteiger partial charge in [0, 0.05) is 0 Å². The normalized spacial score (nSPS) is 11.7. The predicted octanol–water partition coefficient (Wildman–Crippen LogP) is 1.90. The molecule has 0 saturated heterocycles. The van der Waals surface area contributed by atoms with Crippen LogP contribution in [0, 0.1) is 0 Å². The number of nitrogens with one attached hydrogen (secondary N) is 1. The molecular weight excluding hydrogens is 246 g/mol. The number of halogens is 1. The molecule has 1 N–H and O–H groups in total. The van der Waals surface area contributed by atoms with E-state index in [9.17, 15) is 8.42 Å². The van der Waals surface area contributed by atoms with Crippen LogP contribution < -0.4 is 5.32 Å². The first kappa shape index (κ1) is 13.5. The third-order valence-corrected chi connectivity index (χ3v) is 4.59. The topological polar surface area (TPSA) is 46.2 Å². The maximum absolute atomic E-state index is 11.7. The summed E-state index contributed by atoms with van der Waals surface area (Å²) < 4.78 is 23.3. The average Bonchev–Trinajstić information content (AvgIpc) is 2.26. The number of benzene rings is 1. The molecule has 0 atom stereocenters. The van der Waals surface area contributed by atoms with Crippen LogP contribution >= 0.6 is 11.6 Å². The Morgan fingerprint density at radius 2 is 2.06 bits per heavy atom. The van der Waals surface area contributed by atoms with Crippen LogP contribution in [-0.2, 0) is 16.3 Å². The molecule has 0 aliphatic carbocycles. The SMILES string of the molecule is CCS(=O)(=O)c1ccc(CCNC)cc1Cl. The van der Waals surface area contributed by atoms with Crippen molar-refractivity contribution in [2.24, 2.45) is 0 Å². The maximum atomic E-state index is 11.7. The standard InChI is InChI=1S/C11H16ClNO2S/c1-3-16(14,15)11-5-4-9(6-7-13-2)8-10(11)12/h4-5,8,13H,3,6-7H2,1-2H3. The van der Waals surface area contributed by atoms with Crippen LogP contribution in [0.5, 0.6) is 0 Å². The van der Waals surface area contributed by atoms with Gasteiger partial charge in [0.25, 0.3) is 0 Å². The largest absolute Gasteiger partial charge is 0.319 e. The van der Waals surface area contributed by atoms with Gasteiger partial charge in [0.1, 0.15) is 0 Å². The van der Waals surface area contributed by atoms with Gasteiger partial charge in [0.15, 0.2) is 9.84 Å². The second-order valence-electron chi connectivity index (χ2n) is 3.52. The van der Waals surface area contributed by atoms with Crippen molar-refractivity contribution in [1.29, 1.82) is 0 Å². The first-order valence-corrected chi connectivity index (χ1v) is 7.20. The lowest BCUT2D eigenvalue weighted by molar-refractivity contribution is 0.597. The fourth-order valence-electron chi connectivity index (χ4n) is 1.38. The van der Waals surface area contributed by atoms with Crippen molar-refractivity contribution < 1.29 is 8.42 Å². The van der Waals surface area contributed by atoms with Crippen LogP contribution in [-0.4, -0.2) is 27.8 Å². The zero-order chi connectivity index (χ0) is 12.2. The Morgan fingerprint density at radius 1 is 1.38 bits per heavy atom. The molecule has 90 valence electrons. The summed E-state index contributed by atoms with van der Waals surface area (Å²) in [6.45, 7) is 2.46. The third-order valence-electron chi connectivity index (χ3n) is 2.38. The van der Waals surface area contributed by atoms with E-state index >= 15 is 0 Å². The molecule has 0 saturated carbocycles. The van der Waals surface area contributed by atoms with E-state index in [4.69, 9.17) is 11.6 Å². The molecule has 16 heavy (non-hydrogen) atoms. The quantitative estimate of drug-likeness (QED) is 0.881. The smallest absolute Gasteiger partial charge is 0.179 e. The van der Waals surface area contributed by atoms with Crippen molar-refractivity contribution in [3.8, 4) is 0 Å². The Morgan fingerprint density at radius 3 is 2.56 bits per heavy atom. The second-order valence-corrected chi connectivity index (χ2v) is 6.18. The lowest BCUT2D eigenvalue weighted by Gasteiger charge is -2.06. The van der Waals surface area contributed by atoms with Gasteiger partial charge < -0.3 is 5.32 Å². The number of hydrogen-bond acceptors (Lipinski definition) is 3. The molecule has 3 nitrogen and oxygen atoms in total. The summed E-state index contributed by atoms with van der Waals surface area (Å²) in [5.74, 6) is 0.0720. The van der Waals surface area contributed by atoms with E-state index in [-0.39, 0.29) is 10.6 Å². The van der Waals surface area contributed by atoms with E-state index < -0.39 is 9.84 Å². The van der Waals surface area contributed by atoms with Crippen molar-refractivity contribution in [3.05, 3.63) is 28.8 Å². The van der Waals surface area contributed by atoms with E-state index in [2.05, 4.69) is 5.32 Å². The maximum Gasteiger partial charge on any atom is 0.179 e. The highest BCUT2D eigenvalue weighted by molar-refractivity contribution is 7.91. The minimum atomic E-state index is -3.21. The van der Waals surface area contributed by atoms with Gasteiger partial charge in [-0.05, 0) is 37.7 Å². The average molecular weight is 262 g/mol. The highest BCUT2D eigenvalue weighted by atomic mass is 35.5. The van der Waals surface area contributed by atoms with Crippen molar-refractivity contribution in [3.63, 3.8) is 0 Å². The molecule has 1 rings (SSSR count). The Bertz CT molecular complexity index is 457. The van der Waals surface area contributed by atoms with Crippen molar-refractivity contribution >= 4 is 21.4 Å². The van der Waals surface area contributed by atoms with Gasteiger partial charge in [0.05, 0.1) is 15.7 Å². The molecule has 5 heteroatoms. The van der Waals surface area contributed by atoms with Crippen LogP contribution in [0.15, 0.2) is 23.1 Å². The minimum Gasteiger partial charge on any atom is -0.319 e. The fraction of sp³-hybridized carbons (Fsp3) is 0.455. The van der Waals surface area contributed by atoms with Crippen LogP contribution in [0.25, 0.3) is 0 Å². The van der Waals surface area contributed by atoms with Crippen molar-refractivity contribution in [1.82, 2.24) is 5.32 Å². The summed E-state index contributed by atoms with van der Waals surface area (Å²) in [5, 5.41) is 3.35. The number of likely N-dealkylation sites (N-methyl/N-ethyl adjacent to an activating group) is 1. The summed E-state index contributed by atoms with van der Waals surface area (Å²) in [6, 6.07) is 5.12. The molecule has 0 heterocycles.